The van der Waals surface area contributed by atoms with E-state index in [0.29, 0.717) is 10.6 Å². The molecule has 160 valence electrons. The summed E-state index contributed by atoms with van der Waals surface area (Å²) in [4.78, 5) is 22.6. The number of nitrogens with zero attached hydrogens (tertiary/aromatic N) is 4. The molecule has 0 spiro atoms. The van der Waals surface area contributed by atoms with Crippen molar-refractivity contribution >= 4 is 33.6 Å². The van der Waals surface area contributed by atoms with E-state index in [2.05, 4.69) is 33.2 Å². The van der Waals surface area contributed by atoms with Crippen molar-refractivity contribution in [3.05, 3.63) is 69.9 Å². The highest BCUT2D eigenvalue weighted by Gasteiger charge is 2.20. The smallest absolute Gasteiger partial charge is 0.258 e. The molecule has 2 aromatic carbocycles. The SMILES string of the molecule is Cc1cccc2c(=O)[nH]c(CSC3CCN(Cc4ccc5cnn(C)c5c4)CC3)nc12. The van der Waals surface area contributed by atoms with Gasteiger partial charge in [0.05, 0.1) is 28.4 Å². The van der Waals surface area contributed by atoms with Gasteiger partial charge in [-0.25, -0.2) is 4.98 Å². The quantitative estimate of drug-likeness (QED) is 0.515. The molecule has 1 aliphatic heterocycles. The third kappa shape index (κ3) is 4.25. The second kappa shape index (κ2) is 8.48. The van der Waals surface area contributed by atoms with E-state index in [1.165, 1.54) is 16.5 Å². The Labute approximate surface area is 185 Å². The topological polar surface area (TPSA) is 66.8 Å². The van der Waals surface area contributed by atoms with Crippen LogP contribution in [-0.2, 0) is 19.3 Å². The highest BCUT2D eigenvalue weighted by atomic mass is 32.2. The first kappa shape index (κ1) is 20.3. The predicted molar refractivity (Wildman–Crippen MR) is 127 cm³/mol. The number of benzene rings is 2. The monoisotopic (exact) mass is 433 g/mol. The van der Waals surface area contributed by atoms with Crippen LogP contribution in [0.4, 0.5) is 0 Å². The van der Waals surface area contributed by atoms with Crippen LogP contribution < -0.4 is 5.56 Å². The predicted octanol–water partition coefficient (Wildman–Crippen LogP) is 4.02. The molecule has 1 saturated heterocycles. The van der Waals surface area contributed by atoms with Gasteiger partial charge in [-0.1, -0.05) is 24.3 Å². The number of piperidine rings is 1. The minimum Gasteiger partial charge on any atom is -0.309 e. The van der Waals surface area contributed by atoms with Crippen LogP contribution in [0.3, 0.4) is 0 Å². The van der Waals surface area contributed by atoms with Gasteiger partial charge in [-0.3, -0.25) is 14.4 Å². The first-order valence-corrected chi connectivity index (χ1v) is 11.8. The summed E-state index contributed by atoms with van der Waals surface area (Å²) in [6.07, 6.45) is 4.24. The Morgan fingerprint density at radius 3 is 2.87 bits per heavy atom. The Morgan fingerprint density at radius 1 is 1.19 bits per heavy atom. The lowest BCUT2D eigenvalue weighted by Crippen LogP contribution is -2.34. The van der Waals surface area contributed by atoms with Crippen molar-refractivity contribution < 1.29 is 0 Å². The lowest BCUT2D eigenvalue weighted by Gasteiger charge is -2.31. The van der Waals surface area contributed by atoms with Crippen LogP contribution in [0.5, 0.6) is 0 Å². The first-order valence-electron chi connectivity index (χ1n) is 10.8. The van der Waals surface area contributed by atoms with Crippen molar-refractivity contribution in [2.45, 2.75) is 37.3 Å². The Bertz CT molecular complexity index is 1290. The molecule has 6 nitrogen and oxygen atoms in total. The first-order chi connectivity index (χ1) is 15.1. The van der Waals surface area contributed by atoms with Crippen LogP contribution >= 0.6 is 11.8 Å². The molecule has 0 atom stereocenters. The molecule has 0 aliphatic carbocycles. The fraction of sp³-hybridized carbons (Fsp3) is 0.375. The average molecular weight is 434 g/mol. The summed E-state index contributed by atoms with van der Waals surface area (Å²) in [5.74, 6) is 1.53. The van der Waals surface area contributed by atoms with Gasteiger partial charge in [-0.15, -0.1) is 0 Å². The zero-order valence-corrected chi connectivity index (χ0v) is 18.8. The molecule has 3 heterocycles. The fourth-order valence-electron chi connectivity index (χ4n) is 4.40. The maximum atomic E-state index is 12.4. The van der Waals surface area contributed by atoms with Crippen molar-refractivity contribution in [3.63, 3.8) is 0 Å². The summed E-state index contributed by atoms with van der Waals surface area (Å²) in [5.41, 5.74) is 4.37. The van der Waals surface area contributed by atoms with E-state index in [1.54, 1.807) is 0 Å². The van der Waals surface area contributed by atoms with E-state index >= 15 is 0 Å². The Kier molecular flexibility index (Phi) is 5.54. The van der Waals surface area contributed by atoms with Crippen LogP contribution in [0.25, 0.3) is 21.8 Å². The van der Waals surface area contributed by atoms with E-state index in [0.717, 1.165) is 55.1 Å². The largest absolute Gasteiger partial charge is 0.309 e. The van der Waals surface area contributed by atoms with Gasteiger partial charge >= 0.3 is 0 Å². The number of fused-ring (bicyclic) bond motifs is 2. The molecule has 0 radical (unpaired) electrons. The molecule has 1 aliphatic rings. The molecule has 0 amide bonds. The molecule has 2 aromatic heterocycles. The minimum absolute atomic E-state index is 0.0375. The van der Waals surface area contributed by atoms with Gasteiger partial charge in [0.2, 0.25) is 0 Å². The van der Waals surface area contributed by atoms with Gasteiger partial charge < -0.3 is 4.98 Å². The molecule has 1 fully saturated rings. The number of nitrogens with one attached hydrogen (secondary N) is 1. The van der Waals surface area contributed by atoms with Crippen molar-refractivity contribution in [2.24, 2.45) is 7.05 Å². The number of aromatic amines is 1. The van der Waals surface area contributed by atoms with Crippen LogP contribution in [0.2, 0.25) is 0 Å². The van der Waals surface area contributed by atoms with Gasteiger partial charge in [-0.05, 0) is 56.1 Å². The molecular formula is C24H27N5OS. The number of hydrogen-bond donors (Lipinski definition) is 1. The maximum absolute atomic E-state index is 12.4. The summed E-state index contributed by atoms with van der Waals surface area (Å²) in [6, 6.07) is 12.4. The van der Waals surface area contributed by atoms with Gasteiger partial charge in [0.1, 0.15) is 5.82 Å². The second-order valence-corrected chi connectivity index (χ2v) is 9.72. The summed E-state index contributed by atoms with van der Waals surface area (Å²) >= 11 is 1.92. The number of aryl methyl sites for hydroxylation is 2. The normalized spacial score (nSPS) is 15.8. The molecule has 0 saturated carbocycles. The summed E-state index contributed by atoms with van der Waals surface area (Å²) in [5, 5.41) is 6.81. The van der Waals surface area contributed by atoms with Crippen LogP contribution in [-0.4, -0.2) is 43.0 Å². The standard InChI is InChI=1S/C24H27N5OS/c1-16-4-3-5-20-23(16)26-22(27-24(20)30)15-31-19-8-10-29(11-9-19)14-17-6-7-18-13-25-28(2)21(18)12-17/h3-7,12-13,19H,8-11,14-15H2,1-2H3,(H,26,27,30). The van der Waals surface area contributed by atoms with Crippen molar-refractivity contribution in [3.8, 4) is 0 Å². The molecule has 31 heavy (non-hydrogen) atoms. The van der Waals surface area contributed by atoms with Crippen LogP contribution in [0.15, 0.2) is 47.4 Å². The van der Waals surface area contributed by atoms with Crippen molar-refractivity contribution in [1.82, 2.24) is 24.6 Å². The van der Waals surface area contributed by atoms with E-state index in [-0.39, 0.29) is 5.56 Å². The number of aromatic nitrogens is 4. The fourth-order valence-corrected chi connectivity index (χ4v) is 5.47. The maximum Gasteiger partial charge on any atom is 0.258 e. The van der Waals surface area contributed by atoms with Crippen LogP contribution in [0, 0.1) is 6.92 Å². The number of hydrogen-bond acceptors (Lipinski definition) is 5. The Morgan fingerprint density at radius 2 is 2.03 bits per heavy atom. The van der Waals surface area contributed by atoms with Crippen molar-refractivity contribution in [2.75, 3.05) is 13.1 Å². The summed E-state index contributed by atoms with van der Waals surface area (Å²) in [6.45, 7) is 5.19. The van der Waals surface area contributed by atoms with Gasteiger partial charge in [-0.2, -0.15) is 16.9 Å². The molecule has 0 unspecified atom stereocenters. The lowest BCUT2D eigenvalue weighted by atomic mass is 10.1. The summed E-state index contributed by atoms with van der Waals surface area (Å²) < 4.78 is 1.94. The van der Waals surface area contributed by atoms with E-state index in [4.69, 9.17) is 4.98 Å². The average Bonchev–Trinajstić information content (AvgIpc) is 3.14. The molecule has 5 rings (SSSR count). The van der Waals surface area contributed by atoms with E-state index in [9.17, 15) is 4.79 Å². The third-order valence-corrected chi connectivity index (χ3v) is 7.58. The zero-order valence-electron chi connectivity index (χ0n) is 18.0. The number of H-pyrrole nitrogens is 1. The third-order valence-electron chi connectivity index (χ3n) is 6.20. The van der Waals surface area contributed by atoms with Gasteiger partial charge in [0.25, 0.3) is 5.56 Å². The van der Waals surface area contributed by atoms with Gasteiger partial charge in [0, 0.05) is 24.2 Å². The highest BCUT2D eigenvalue weighted by molar-refractivity contribution is 7.99. The molecule has 1 N–H and O–H groups in total. The number of likely N-dealkylation sites (tertiary alicyclic amines) is 1. The molecule has 0 bridgehead atoms. The van der Waals surface area contributed by atoms with E-state index < -0.39 is 0 Å². The lowest BCUT2D eigenvalue weighted by molar-refractivity contribution is 0.225. The summed E-state index contributed by atoms with van der Waals surface area (Å²) in [7, 11) is 1.99. The van der Waals surface area contributed by atoms with Gasteiger partial charge in [0.15, 0.2) is 0 Å². The second-order valence-electron chi connectivity index (χ2n) is 8.43. The molecule has 4 aromatic rings. The minimum atomic E-state index is -0.0375. The number of thioether (sulfide) groups is 1. The Hall–Kier alpha value is -2.64. The highest BCUT2D eigenvalue weighted by Crippen LogP contribution is 2.27. The number of rotatable bonds is 5. The number of para-hydroxylation sites is 1. The van der Waals surface area contributed by atoms with Crippen molar-refractivity contribution in [1.29, 1.82) is 0 Å². The molecule has 7 heteroatoms. The van der Waals surface area contributed by atoms with Crippen LogP contribution in [0.1, 0.15) is 29.8 Å². The zero-order chi connectivity index (χ0) is 21.4. The Balaban J connectivity index is 1.17. The molecular weight excluding hydrogens is 406 g/mol. The van der Waals surface area contributed by atoms with E-state index in [1.807, 2.05) is 54.8 Å².